The molecule has 0 amide bonds. The topological polar surface area (TPSA) is 260 Å². The molecule has 0 spiro atoms. The van der Waals surface area contributed by atoms with Crippen molar-refractivity contribution in [3.05, 3.63) is 220 Å². The highest BCUT2D eigenvalue weighted by Crippen LogP contribution is 2.52. The second-order valence-corrected chi connectivity index (χ2v) is 20.3. The molecule has 0 bridgehead atoms. The number of oxazole rings is 1. The summed E-state index contributed by atoms with van der Waals surface area (Å²) in [5.41, 5.74) is 9.48. The first-order valence-electron chi connectivity index (χ1n) is 26.3. The van der Waals surface area contributed by atoms with Gasteiger partial charge in [-0.3, -0.25) is 0 Å². The Morgan fingerprint density at radius 3 is 0.835 bits per heavy atom. The minimum absolute atomic E-state index is 0.0487. The van der Waals surface area contributed by atoms with Gasteiger partial charge in [0.1, 0.15) is 17.1 Å². The van der Waals surface area contributed by atoms with Crippen LogP contribution in [0.2, 0.25) is 0 Å². The molecule has 0 saturated carbocycles. The number of hydrogen-bond donors (Lipinski definition) is 0. The predicted molar refractivity (Wildman–Crippen MR) is 319 cm³/mol. The Morgan fingerprint density at radius 2 is 0.553 bits per heavy atom. The fourth-order valence-electron chi connectivity index (χ4n) is 12.5. The smallest absolute Gasteiger partial charge is 0.231 e. The van der Waals surface area contributed by atoms with Crippen LogP contribution in [0.4, 0.5) is 0 Å². The molecule has 0 radical (unpaired) electrons. The molecule has 15 aromatic rings. The van der Waals surface area contributed by atoms with Gasteiger partial charge in [-0.25, -0.2) is 4.98 Å². The third-order valence-corrected chi connectivity index (χ3v) is 16.0. The van der Waals surface area contributed by atoms with E-state index in [9.17, 15) is 47.4 Å². The lowest BCUT2D eigenvalue weighted by molar-refractivity contribution is 0.619. The van der Waals surface area contributed by atoms with Crippen molar-refractivity contribution in [2.24, 2.45) is 0 Å². The van der Waals surface area contributed by atoms with Gasteiger partial charge < -0.3 is 22.7 Å². The first-order chi connectivity index (χ1) is 41.7. The number of hydrogen-bond acceptors (Lipinski definition) is 11. The van der Waals surface area contributed by atoms with E-state index in [4.69, 9.17) is 9.40 Å². The maximum Gasteiger partial charge on any atom is 0.231 e. The van der Waals surface area contributed by atoms with Crippen LogP contribution in [0.25, 0.3) is 133 Å². The molecular formula is C70H28N14O. The maximum absolute atomic E-state index is 12.8. The minimum Gasteiger partial charge on any atom is -0.436 e. The first-order valence-corrected chi connectivity index (χ1v) is 26.3. The van der Waals surface area contributed by atoms with Gasteiger partial charge in [0.25, 0.3) is 0 Å². The second kappa shape index (κ2) is 18.2. The monoisotopic (exact) mass is 1080 g/mol. The summed E-state index contributed by atoms with van der Waals surface area (Å²) in [6, 6.07) is 70.6. The Kier molecular flexibility index (Phi) is 10.3. The average Bonchev–Trinajstić information content (AvgIpc) is 1.63. The predicted octanol–water partition coefficient (Wildman–Crippen LogP) is 14.7. The summed E-state index contributed by atoms with van der Waals surface area (Å²) in [5, 5.41) is 102. The Bertz CT molecular complexity index is 5730. The van der Waals surface area contributed by atoms with E-state index in [1.54, 1.807) is 115 Å². The summed E-state index contributed by atoms with van der Waals surface area (Å²) in [7, 11) is 0. The zero-order valence-corrected chi connectivity index (χ0v) is 43.8. The van der Waals surface area contributed by atoms with Crippen LogP contribution >= 0.6 is 0 Å². The highest BCUT2D eigenvalue weighted by Gasteiger charge is 2.37. The SMILES string of the molecule is N#Cc1ccc2c(c1)c1cc(C#N)ccc1n2-c1c(C#N)c(-n2c3ccc(C#N)cc3c3cc(C#N)ccc32)c(-n2c3ccc(C#N)cc3c3cc(C#N)ccc32)c(-n2c3ccc(C#N)cc3c3cc(C#N)ccc32)c1-c1nc2ccccc2o1. The van der Waals surface area contributed by atoms with Crippen molar-refractivity contribution >= 4 is 98.3 Å². The summed E-state index contributed by atoms with van der Waals surface area (Å²) in [5.74, 6) is 0.0592. The molecular weight excluding hydrogens is 1050 g/mol. The van der Waals surface area contributed by atoms with E-state index in [0.29, 0.717) is 154 Å². The molecule has 10 aromatic carbocycles. The Balaban J connectivity index is 1.33. The van der Waals surface area contributed by atoms with Gasteiger partial charge in [0.15, 0.2) is 5.58 Å². The fraction of sp³-hybridized carbons (Fsp3) is 0. The van der Waals surface area contributed by atoms with Gasteiger partial charge in [-0.05, 0) is 158 Å². The molecule has 85 heavy (non-hydrogen) atoms. The summed E-state index contributed by atoms with van der Waals surface area (Å²) < 4.78 is 15.0. The lowest BCUT2D eigenvalue weighted by atomic mass is 9.97. The minimum atomic E-state index is 0.0487. The Morgan fingerprint density at radius 1 is 0.282 bits per heavy atom. The van der Waals surface area contributed by atoms with Crippen LogP contribution in [0.1, 0.15) is 50.1 Å². The Hall–Kier alpha value is -13.7. The van der Waals surface area contributed by atoms with Crippen LogP contribution in [-0.4, -0.2) is 23.3 Å². The van der Waals surface area contributed by atoms with Crippen LogP contribution in [0.3, 0.4) is 0 Å². The number of nitriles is 9. The van der Waals surface area contributed by atoms with Crippen molar-refractivity contribution in [1.82, 2.24) is 23.3 Å². The van der Waals surface area contributed by atoms with Crippen molar-refractivity contribution in [2.45, 2.75) is 0 Å². The summed E-state index contributed by atoms with van der Waals surface area (Å²) in [4.78, 5) is 5.33. The zero-order valence-electron chi connectivity index (χ0n) is 43.8. The first kappa shape index (κ1) is 48.4. The number of benzene rings is 10. The third kappa shape index (κ3) is 6.81. The van der Waals surface area contributed by atoms with Gasteiger partial charge in [-0.2, -0.15) is 47.4 Å². The van der Waals surface area contributed by atoms with Gasteiger partial charge in [0.05, 0.1) is 166 Å². The van der Waals surface area contributed by atoms with Crippen LogP contribution < -0.4 is 0 Å². The molecule has 0 fully saturated rings. The van der Waals surface area contributed by atoms with Crippen LogP contribution in [0.15, 0.2) is 174 Å². The van der Waals surface area contributed by atoms with E-state index < -0.39 is 0 Å². The molecule has 5 heterocycles. The van der Waals surface area contributed by atoms with E-state index in [0.717, 1.165) is 0 Å². The number of nitrogens with zero attached hydrogens (tertiary/aromatic N) is 14. The number of rotatable bonds is 5. The zero-order chi connectivity index (χ0) is 57.9. The normalized spacial score (nSPS) is 11.2. The molecule has 0 N–H and O–H groups in total. The number of fused-ring (bicyclic) bond motifs is 13. The summed E-state index contributed by atoms with van der Waals surface area (Å²) in [6.07, 6.45) is 0. The molecule has 15 nitrogen and oxygen atoms in total. The molecule has 15 heteroatoms. The van der Waals surface area contributed by atoms with Gasteiger partial charge in [-0.1, -0.05) is 12.1 Å². The maximum atomic E-state index is 12.8. The van der Waals surface area contributed by atoms with Crippen molar-refractivity contribution in [3.8, 4) is 88.8 Å². The van der Waals surface area contributed by atoms with Gasteiger partial charge in [0.2, 0.25) is 5.89 Å². The number of para-hydroxylation sites is 2. The fourth-order valence-corrected chi connectivity index (χ4v) is 12.5. The van der Waals surface area contributed by atoms with Crippen molar-refractivity contribution < 1.29 is 4.42 Å². The van der Waals surface area contributed by atoms with E-state index in [1.165, 1.54) is 0 Å². The Labute approximate surface area is 479 Å². The van der Waals surface area contributed by atoms with Gasteiger partial charge >= 0.3 is 0 Å². The second-order valence-electron chi connectivity index (χ2n) is 20.3. The molecule has 0 atom stereocenters. The molecule has 0 aliphatic rings. The standard InChI is InChI=1S/C70H28N14O/c71-29-38-5-13-56-46(21-38)47-22-39(30-72)6-14-57(47)81(56)66-54(37-79)67(82-58-15-7-40(31-73)23-48(58)49-24-41(32-74)8-16-59(49)82)69(84-62-19-11-44(35-77)27-52(62)53-28-45(36-78)12-20-63(53)84)68(65(66)70-80-55-3-1-2-4-64(55)85-70)83-60-17-9-42(33-75)25-50(60)51-26-43(34-76)10-18-61(51)83/h1-28H. The van der Waals surface area contributed by atoms with Gasteiger partial charge in [-0.15, -0.1) is 0 Å². The lowest BCUT2D eigenvalue weighted by Gasteiger charge is -2.28. The van der Waals surface area contributed by atoms with E-state index in [1.807, 2.05) is 72.9 Å². The van der Waals surface area contributed by atoms with E-state index in [2.05, 4.69) is 54.6 Å². The van der Waals surface area contributed by atoms with Crippen LogP contribution in [-0.2, 0) is 0 Å². The van der Waals surface area contributed by atoms with E-state index in [-0.39, 0.29) is 28.4 Å². The highest BCUT2D eigenvalue weighted by molar-refractivity contribution is 6.18. The molecule has 5 aromatic heterocycles. The van der Waals surface area contributed by atoms with E-state index >= 15 is 0 Å². The van der Waals surface area contributed by atoms with Crippen molar-refractivity contribution in [1.29, 1.82) is 47.4 Å². The molecule has 0 unspecified atom stereocenters. The van der Waals surface area contributed by atoms with Crippen LogP contribution in [0, 0.1) is 102 Å². The molecule has 0 saturated heterocycles. The number of aromatic nitrogens is 5. The molecule has 0 aliphatic carbocycles. The average molecular weight is 1080 g/mol. The van der Waals surface area contributed by atoms with Gasteiger partial charge in [0, 0.05) is 43.1 Å². The third-order valence-electron chi connectivity index (χ3n) is 16.0. The molecule has 15 rings (SSSR count). The summed E-state index contributed by atoms with van der Waals surface area (Å²) in [6.45, 7) is 0. The summed E-state index contributed by atoms with van der Waals surface area (Å²) >= 11 is 0. The molecule has 384 valence electrons. The quantitative estimate of drug-likeness (QED) is 0.156. The molecule has 0 aliphatic heterocycles. The van der Waals surface area contributed by atoms with Crippen molar-refractivity contribution in [3.63, 3.8) is 0 Å². The highest BCUT2D eigenvalue weighted by atomic mass is 16.3. The van der Waals surface area contributed by atoms with Crippen LogP contribution in [0.5, 0.6) is 0 Å². The van der Waals surface area contributed by atoms with Crippen molar-refractivity contribution in [2.75, 3.05) is 0 Å². The lowest BCUT2D eigenvalue weighted by Crippen LogP contribution is -2.16. The largest absolute Gasteiger partial charge is 0.436 e.